The lowest BCUT2D eigenvalue weighted by atomic mass is 10.1. The number of carboxylic acids is 1. The van der Waals surface area contributed by atoms with Gasteiger partial charge in [0.05, 0.1) is 11.1 Å². The molecule has 0 aliphatic carbocycles. The highest BCUT2D eigenvalue weighted by Gasteiger charge is 2.30. The Morgan fingerprint density at radius 2 is 1.75 bits per heavy atom. The Morgan fingerprint density at radius 1 is 1.11 bits per heavy atom. The van der Waals surface area contributed by atoms with Crippen LogP contribution in [0.2, 0.25) is 0 Å². The molecule has 1 amide bonds. The zero-order valence-electron chi connectivity index (χ0n) is 24.3. The summed E-state index contributed by atoms with van der Waals surface area (Å²) in [5, 5.41) is 13.0. The molecule has 1 aromatic heterocycles. The number of rotatable bonds is 12. The number of carboxylic acid groups (broad SMARTS) is 1. The molecule has 2 heterocycles. The predicted octanol–water partition coefficient (Wildman–Crippen LogP) is 3.95. The molecular weight excluding hydrogens is 591 g/mol. The van der Waals surface area contributed by atoms with Crippen LogP contribution in [0.3, 0.4) is 0 Å². The van der Waals surface area contributed by atoms with Crippen molar-refractivity contribution >= 4 is 39.5 Å². The standard InChI is InChI=1S/C30H33FN6O6S/c1-4-35(5-2)29-32-20-26(37(6-3)44(41,42)24-15-11-22(31)12-16-24)27(34-29)33-25(28(38)39)19-21-9-13-23(14-10-21)43-30(40)36-17-7-8-18-36/h3,9-16,20,25H,4-5,7-8,17-19H2,1-2H3,(H,38,39)(H,32,33,34)/t25-/m1/s1. The lowest BCUT2D eigenvalue weighted by Gasteiger charge is -2.25. The second kappa shape index (κ2) is 14.0. The van der Waals surface area contributed by atoms with E-state index in [4.69, 9.17) is 11.2 Å². The molecule has 4 rings (SSSR count). The van der Waals surface area contributed by atoms with Crippen molar-refractivity contribution in [1.82, 2.24) is 14.9 Å². The number of ether oxygens (including phenoxy) is 1. The minimum atomic E-state index is -4.42. The zero-order chi connectivity index (χ0) is 31.9. The van der Waals surface area contributed by atoms with E-state index in [2.05, 4.69) is 21.3 Å². The molecular formula is C30H33FN6O6S. The van der Waals surface area contributed by atoms with Gasteiger partial charge in [0.1, 0.15) is 23.3 Å². The van der Waals surface area contributed by atoms with Crippen molar-refractivity contribution in [3.8, 4) is 18.2 Å². The number of likely N-dealkylation sites (tertiary alicyclic amines) is 1. The van der Waals surface area contributed by atoms with Crippen LogP contribution in [-0.4, -0.2) is 72.7 Å². The van der Waals surface area contributed by atoms with Crippen LogP contribution in [0.1, 0.15) is 32.3 Å². The van der Waals surface area contributed by atoms with Gasteiger partial charge in [0.15, 0.2) is 5.82 Å². The first-order valence-electron chi connectivity index (χ1n) is 14.0. The van der Waals surface area contributed by atoms with Crippen LogP contribution in [0.15, 0.2) is 59.6 Å². The number of hydrogen-bond acceptors (Lipinski definition) is 9. The Balaban J connectivity index is 1.64. The second-order valence-corrected chi connectivity index (χ2v) is 11.7. The van der Waals surface area contributed by atoms with E-state index in [1.807, 2.05) is 13.8 Å². The summed E-state index contributed by atoms with van der Waals surface area (Å²) in [5.74, 6) is -1.45. The Morgan fingerprint density at radius 3 is 2.32 bits per heavy atom. The summed E-state index contributed by atoms with van der Waals surface area (Å²) in [6.45, 7) is 6.11. The van der Waals surface area contributed by atoms with Crippen LogP contribution in [0.25, 0.3) is 0 Å². The van der Waals surface area contributed by atoms with E-state index >= 15 is 0 Å². The third-order valence-electron chi connectivity index (χ3n) is 7.03. The minimum Gasteiger partial charge on any atom is -0.480 e. The summed E-state index contributed by atoms with van der Waals surface area (Å²) in [6.07, 6.45) is 8.24. The minimum absolute atomic E-state index is 0.0412. The van der Waals surface area contributed by atoms with Gasteiger partial charge in [-0.2, -0.15) is 9.29 Å². The lowest BCUT2D eigenvalue weighted by molar-refractivity contribution is -0.137. The molecule has 2 N–H and O–H groups in total. The zero-order valence-corrected chi connectivity index (χ0v) is 25.1. The highest BCUT2D eigenvalue weighted by Crippen LogP contribution is 2.31. The number of benzene rings is 2. The van der Waals surface area contributed by atoms with E-state index in [0.717, 1.165) is 37.1 Å². The third kappa shape index (κ3) is 7.35. The predicted molar refractivity (Wildman–Crippen MR) is 163 cm³/mol. The average Bonchev–Trinajstić information content (AvgIpc) is 3.55. The van der Waals surface area contributed by atoms with Gasteiger partial charge in [0.2, 0.25) is 5.95 Å². The number of nitrogens with zero attached hydrogens (tertiary/aromatic N) is 5. The van der Waals surface area contributed by atoms with Gasteiger partial charge in [-0.15, -0.1) is 0 Å². The molecule has 0 saturated carbocycles. The smallest absolute Gasteiger partial charge is 0.415 e. The van der Waals surface area contributed by atoms with Gasteiger partial charge in [-0.1, -0.05) is 18.6 Å². The van der Waals surface area contributed by atoms with Crippen LogP contribution in [-0.2, 0) is 21.2 Å². The van der Waals surface area contributed by atoms with Gasteiger partial charge < -0.3 is 25.0 Å². The molecule has 0 spiro atoms. The van der Waals surface area contributed by atoms with E-state index in [0.29, 0.717) is 41.8 Å². The number of terminal acetylenes is 1. The Bertz CT molecular complexity index is 1620. The molecule has 0 bridgehead atoms. The largest absolute Gasteiger partial charge is 0.480 e. The second-order valence-electron chi connectivity index (χ2n) is 9.87. The topological polar surface area (TPSA) is 145 Å². The van der Waals surface area contributed by atoms with Crippen LogP contribution in [0, 0.1) is 18.3 Å². The highest BCUT2D eigenvalue weighted by molar-refractivity contribution is 7.93. The van der Waals surface area contributed by atoms with Gasteiger partial charge in [-0.05, 0) is 68.7 Å². The maximum absolute atomic E-state index is 13.5. The SMILES string of the molecule is C#CN(c1cnc(N(CC)CC)nc1N[C@H](Cc1ccc(OC(=O)N2CCCC2)cc1)C(=O)O)S(=O)(=O)c1ccc(F)cc1. The van der Waals surface area contributed by atoms with Gasteiger partial charge in [0.25, 0.3) is 10.0 Å². The van der Waals surface area contributed by atoms with Crippen molar-refractivity contribution in [3.05, 3.63) is 66.1 Å². The molecule has 14 heteroatoms. The number of aliphatic carboxylic acids is 1. The summed E-state index contributed by atoms with van der Waals surface area (Å²) >= 11 is 0. The number of halogens is 1. The Kier molecular flexibility index (Phi) is 10.2. The fourth-order valence-electron chi connectivity index (χ4n) is 4.62. The van der Waals surface area contributed by atoms with E-state index in [1.165, 1.54) is 6.20 Å². The molecule has 0 unspecified atom stereocenters. The van der Waals surface area contributed by atoms with Crippen molar-refractivity contribution in [2.75, 3.05) is 40.7 Å². The van der Waals surface area contributed by atoms with Crippen molar-refractivity contribution in [1.29, 1.82) is 0 Å². The number of sulfonamides is 1. The number of carbonyl (C=O) groups is 2. The van der Waals surface area contributed by atoms with Crippen molar-refractivity contribution in [2.24, 2.45) is 0 Å². The molecule has 1 aliphatic heterocycles. The number of nitrogens with one attached hydrogen (secondary N) is 1. The van der Waals surface area contributed by atoms with Crippen molar-refractivity contribution in [2.45, 2.75) is 44.0 Å². The lowest BCUT2D eigenvalue weighted by Crippen LogP contribution is -2.34. The molecule has 1 fully saturated rings. The third-order valence-corrected chi connectivity index (χ3v) is 8.68. The summed E-state index contributed by atoms with van der Waals surface area (Å²) < 4.78 is 46.5. The monoisotopic (exact) mass is 624 g/mol. The van der Waals surface area contributed by atoms with E-state index in [-0.39, 0.29) is 28.8 Å². The average molecular weight is 625 g/mol. The maximum Gasteiger partial charge on any atom is 0.415 e. The van der Waals surface area contributed by atoms with E-state index in [9.17, 15) is 27.5 Å². The van der Waals surface area contributed by atoms with Crippen LogP contribution >= 0.6 is 0 Å². The Labute approximate surface area is 255 Å². The Hall–Kier alpha value is -4.90. The number of anilines is 3. The maximum atomic E-state index is 13.5. The number of hydrogen-bond donors (Lipinski definition) is 2. The molecule has 3 aromatic rings. The summed E-state index contributed by atoms with van der Waals surface area (Å²) in [5.41, 5.74) is 0.404. The van der Waals surface area contributed by atoms with Crippen molar-refractivity contribution < 1.29 is 32.2 Å². The molecule has 232 valence electrons. The quantitative estimate of drug-likeness (QED) is 0.224. The van der Waals surface area contributed by atoms with Gasteiger partial charge >= 0.3 is 12.1 Å². The number of amides is 1. The number of aromatic nitrogens is 2. The van der Waals surface area contributed by atoms with Gasteiger partial charge in [0, 0.05) is 38.6 Å². The van der Waals surface area contributed by atoms with Crippen LogP contribution in [0.5, 0.6) is 5.75 Å². The first kappa shape index (κ1) is 32.0. The number of carbonyl (C=O) groups excluding carboxylic acids is 1. The van der Waals surface area contributed by atoms with Crippen molar-refractivity contribution in [3.63, 3.8) is 0 Å². The van der Waals surface area contributed by atoms with Crippen LogP contribution in [0.4, 0.5) is 26.6 Å². The fourth-order valence-corrected chi connectivity index (χ4v) is 5.84. The first-order chi connectivity index (χ1) is 21.1. The van der Waals surface area contributed by atoms with Crippen LogP contribution < -0.4 is 19.3 Å². The van der Waals surface area contributed by atoms with E-state index < -0.39 is 33.9 Å². The summed E-state index contributed by atoms with van der Waals surface area (Å²) in [4.78, 5) is 36.6. The first-order valence-corrected chi connectivity index (χ1v) is 15.5. The molecule has 0 radical (unpaired) electrons. The molecule has 2 aromatic carbocycles. The van der Waals surface area contributed by atoms with Gasteiger partial charge in [-0.25, -0.2) is 27.4 Å². The summed E-state index contributed by atoms with van der Waals surface area (Å²) in [6, 6.07) is 11.4. The molecule has 1 aliphatic rings. The molecule has 1 atom stereocenters. The fraction of sp³-hybridized carbons (Fsp3) is 0.333. The normalized spacial score (nSPS) is 13.5. The molecule has 12 nitrogen and oxygen atoms in total. The van der Waals surface area contributed by atoms with E-state index in [1.54, 1.807) is 34.1 Å². The molecule has 44 heavy (non-hydrogen) atoms. The molecule has 1 saturated heterocycles. The summed E-state index contributed by atoms with van der Waals surface area (Å²) in [7, 11) is -4.42. The van der Waals surface area contributed by atoms with Gasteiger partial charge in [-0.3, -0.25) is 0 Å². The highest BCUT2D eigenvalue weighted by atomic mass is 32.2.